The van der Waals surface area contributed by atoms with Gasteiger partial charge in [0.25, 0.3) is 10.0 Å². The average molecular weight is 353 g/mol. The first-order valence-electron chi connectivity index (χ1n) is 8.82. The van der Waals surface area contributed by atoms with E-state index in [0.717, 1.165) is 57.7 Å². The number of piperidine rings is 1. The van der Waals surface area contributed by atoms with E-state index in [1.165, 1.54) is 4.90 Å². The number of sulfonamides is 1. The highest BCUT2D eigenvalue weighted by Gasteiger charge is 2.32. The summed E-state index contributed by atoms with van der Waals surface area (Å²) in [6.07, 6.45) is 8.43. The van der Waals surface area contributed by atoms with Gasteiger partial charge in [0.15, 0.2) is 17.3 Å². The minimum atomic E-state index is -3.43. The van der Waals surface area contributed by atoms with Crippen molar-refractivity contribution in [3.05, 3.63) is 31.1 Å². The Hall–Kier alpha value is -1.44. The molecule has 2 aliphatic rings. The van der Waals surface area contributed by atoms with Gasteiger partial charge in [-0.3, -0.25) is 0 Å². The molecule has 132 valence electrons. The van der Waals surface area contributed by atoms with E-state index in [9.17, 15) is 8.42 Å². The molecule has 1 aromatic rings. The maximum Gasteiger partial charge on any atom is 0.251 e. The number of piperazine rings is 1. The van der Waals surface area contributed by atoms with Gasteiger partial charge in [-0.25, -0.2) is 13.4 Å². The lowest BCUT2D eigenvalue weighted by Crippen LogP contribution is -3.14. The number of H-pyrrole nitrogens is 1. The number of pyridine rings is 1. The van der Waals surface area contributed by atoms with Crippen molar-refractivity contribution < 1.29 is 18.3 Å². The molecule has 0 spiro atoms. The van der Waals surface area contributed by atoms with Crippen molar-refractivity contribution in [2.24, 2.45) is 0 Å². The van der Waals surface area contributed by atoms with Gasteiger partial charge in [0.05, 0.1) is 38.4 Å². The lowest BCUT2D eigenvalue weighted by atomic mass is 10.2. The van der Waals surface area contributed by atoms with Gasteiger partial charge in [-0.1, -0.05) is 13.0 Å². The summed E-state index contributed by atoms with van der Waals surface area (Å²) >= 11 is 0. The molecule has 3 rings (SSSR count). The second kappa shape index (κ2) is 7.63. The molecule has 1 aromatic heterocycles. The first-order chi connectivity index (χ1) is 11.6. The Morgan fingerprint density at radius 1 is 1.17 bits per heavy atom. The molecule has 2 saturated heterocycles. The molecule has 2 aliphatic heterocycles. The molecule has 0 aliphatic carbocycles. The zero-order valence-corrected chi connectivity index (χ0v) is 15.0. The van der Waals surface area contributed by atoms with Crippen LogP contribution in [0.15, 0.2) is 36.0 Å². The fourth-order valence-electron chi connectivity index (χ4n) is 3.59. The lowest BCUT2D eigenvalue weighted by Gasteiger charge is -2.34. The third kappa shape index (κ3) is 3.63. The number of hydrogen-bond acceptors (Lipinski definition) is 3. The zero-order valence-electron chi connectivity index (χ0n) is 14.2. The van der Waals surface area contributed by atoms with Gasteiger partial charge in [-0.2, -0.15) is 4.31 Å². The Kier molecular flexibility index (Phi) is 5.53. The number of rotatable bonds is 5. The molecule has 0 unspecified atom stereocenters. The molecule has 0 atom stereocenters. The van der Waals surface area contributed by atoms with E-state index in [1.54, 1.807) is 10.5 Å². The minimum absolute atomic E-state index is 0.416. The van der Waals surface area contributed by atoms with Crippen molar-refractivity contribution in [2.45, 2.75) is 24.2 Å². The van der Waals surface area contributed by atoms with Crippen LogP contribution in [-0.4, -0.2) is 58.5 Å². The summed E-state index contributed by atoms with van der Waals surface area (Å²) in [5, 5.41) is 0. The molecule has 6 nitrogen and oxygen atoms in total. The van der Waals surface area contributed by atoms with E-state index < -0.39 is 10.0 Å². The van der Waals surface area contributed by atoms with Gasteiger partial charge < -0.3 is 9.80 Å². The van der Waals surface area contributed by atoms with Crippen LogP contribution in [0, 0.1) is 0 Å². The molecular formula is C17H28N4O2S+2. The number of aromatic amines is 1. The Bertz CT molecular complexity index is 663. The van der Waals surface area contributed by atoms with E-state index in [4.69, 9.17) is 0 Å². The summed E-state index contributed by atoms with van der Waals surface area (Å²) in [4.78, 5) is 7.09. The Morgan fingerprint density at radius 3 is 2.54 bits per heavy atom. The van der Waals surface area contributed by atoms with Crippen LogP contribution in [0.1, 0.15) is 19.3 Å². The Morgan fingerprint density at radius 2 is 1.88 bits per heavy atom. The summed E-state index contributed by atoms with van der Waals surface area (Å²) in [5.74, 6) is 0. The summed E-state index contributed by atoms with van der Waals surface area (Å²) in [6.45, 7) is 9.80. The predicted octanol–water partition coefficient (Wildman–Crippen LogP) is -0.434. The molecular weight excluding hydrogens is 324 g/mol. The van der Waals surface area contributed by atoms with Gasteiger partial charge in [-0.15, -0.1) is 0 Å². The number of aromatic nitrogens is 1. The largest absolute Gasteiger partial charge is 0.359 e. The van der Waals surface area contributed by atoms with Crippen molar-refractivity contribution >= 4 is 15.7 Å². The number of hydrogen-bond donors (Lipinski definition) is 1. The molecule has 2 N–H and O–H groups in total. The molecule has 24 heavy (non-hydrogen) atoms. The van der Waals surface area contributed by atoms with Gasteiger partial charge in [-0.05, 0) is 18.9 Å². The summed E-state index contributed by atoms with van der Waals surface area (Å²) in [5.41, 5.74) is 0.831. The van der Waals surface area contributed by atoms with Crippen LogP contribution in [-0.2, 0) is 10.0 Å². The first-order valence-corrected chi connectivity index (χ1v) is 10.3. The minimum Gasteiger partial charge on any atom is -0.359 e. The van der Waals surface area contributed by atoms with Gasteiger partial charge >= 0.3 is 0 Å². The lowest BCUT2D eigenvalue weighted by molar-refractivity contribution is -0.894. The predicted molar refractivity (Wildman–Crippen MR) is 93.6 cm³/mol. The normalized spacial score (nSPS) is 20.9. The average Bonchev–Trinajstić information content (AvgIpc) is 2.63. The Labute approximate surface area is 144 Å². The molecule has 0 aromatic carbocycles. The molecule has 0 bridgehead atoms. The number of nitrogens with zero attached hydrogens (tertiary/aromatic N) is 2. The van der Waals surface area contributed by atoms with E-state index in [-0.39, 0.29) is 0 Å². The van der Waals surface area contributed by atoms with Crippen LogP contribution in [0.5, 0.6) is 0 Å². The number of anilines is 1. The zero-order chi connectivity index (χ0) is 17.0. The molecule has 7 heteroatoms. The maximum atomic E-state index is 13.1. The van der Waals surface area contributed by atoms with Gasteiger partial charge in [0.1, 0.15) is 0 Å². The van der Waals surface area contributed by atoms with Gasteiger partial charge in [0.2, 0.25) is 0 Å². The Balaban J connectivity index is 1.82. The SMILES string of the molecule is C=CC[NH+]1CCN(c2cc[nH+]cc2S(=O)(=O)N2CCCCC2)CC1. The topological polar surface area (TPSA) is 59.2 Å². The molecule has 0 radical (unpaired) electrons. The van der Waals surface area contributed by atoms with Crippen LogP contribution in [0.4, 0.5) is 5.69 Å². The molecule has 0 amide bonds. The second-order valence-corrected chi connectivity index (χ2v) is 8.49. The van der Waals surface area contributed by atoms with E-state index in [0.29, 0.717) is 18.0 Å². The van der Waals surface area contributed by atoms with Crippen LogP contribution in [0.25, 0.3) is 0 Å². The monoisotopic (exact) mass is 352 g/mol. The van der Waals surface area contributed by atoms with Crippen LogP contribution >= 0.6 is 0 Å². The fourth-order valence-corrected chi connectivity index (χ4v) is 5.29. The highest BCUT2D eigenvalue weighted by molar-refractivity contribution is 7.89. The number of nitrogens with one attached hydrogen (secondary N) is 2. The molecule has 2 fully saturated rings. The maximum absolute atomic E-state index is 13.1. The van der Waals surface area contributed by atoms with Crippen molar-refractivity contribution in [3.63, 3.8) is 0 Å². The van der Waals surface area contributed by atoms with Gasteiger partial charge in [0, 0.05) is 19.2 Å². The van der Waals surface area contributed by atoms with Crippen molar-refractivity contribution in [3.8, 4) is 0 Å². The summed E-state index contributed by atoms with van der Waals surface area (Å²) in [7, 11) is -3.43. The van der Waals surface area contributed by atoms with Crippen LogP contribution < -0.4 is 14.8 Å². The van der Waals surface area contributed by atoms with Crippen molar-refractivity contribution in [2.75, 3.05) is 50.7 Å². The van der Waals surface area contributed by atoms with E-state index in [2.05, 4.69) is 16.5 Å². The van der Waals surface area contributed by atoms with Crippen LogP contribution in [0.3, 0.4) is 0 Å². The highest BCUT2D eigenvalue weighted by atomic mass is 32.2. The summed E-state index contributed by atoms with van der Waals surface area (Å²) in [6, 6.07) is 1.90. The van der Waals surface area contributed by atoms with E-state index in [1.807, 2.05) is 18.3 Å². The first kappa shape index (κ1) is 17.4. The molecule has 3 heterocycles. The van der Waals surface area contributed by atoms with Crippen LogP contribution in [0.2, 0.25) is 0 Å². The summed E-state index contributed by atoms with van der Waals surface area (Å²) < 4.78 is 27.8. The third-order valence-electron chi connectivity index (χ3n) is 4.98. The van der Waals surface area contributed by atoms with E-state index >= 15 is 0 Å². The standard InChI is InChI=1S/C17H26N4O2S/c1-2-8-19-11-13-20(14-12-19)16-6-7-18-15-17(16)24(22,23)21-9-4-3-5-10-21/h2,6-7,15H,1,3-5,8-14H2/p+2. The third-order valence-corrected chi connectivity index (χ3v) is 6.91. The number of quaternary nitrogens is 1. The highest BCUT2D eigenvalue weighted by Crippen LogP contribution is 2.28. The molecule has 0 saturated carbocycles. The quantitative estimate of drug-likeness (QED) is 0.732. The second-order valence-electron chi connectivity index (χ2n) is 6.59. The fraction of sp³-hybridized carbons (Fsp3) is 0.588. The smallest absolute Gasteiger partial charge is 0.251 e. The van der Waals surface area contributed by atoms with Crippen molar-refractivity contribution in [1.82, 2.24) is 4.31 Å². The van der Waals surface area contributed by atoms with Crippen molar-refractivity contribution in [1.29, 1.82) is 0 Å².